The SMILES string of the molecule is C[C@H](c1ccc(Cl)cc1Cl)N(C)Cc1nnc(-c2ccccc2)o1. The molecular formula is C18H17Cl2N3O. The summed E-state index contributed by atoms with van der Waals surface area (Å²) in [7, 11) is 1.99. The zero-order chi connectivity index (χ0) is 17.1. The molecule has 124 valence electrons. The maximum absolute atomic E-state index is 6.29. The first-order valence-corrected chi connectivity index (χ1v) is 8.33. The van der Waals surface area contributed by atoms with Gasteiger partial charge >= 0.3 is 0 Å². The van der Waals surface area contributed by atoms with Crippen molar-refractivity contribution < 1.29 is 4.42 Å². The smallest absolute Gasteiger partial charge is 0.247 e. The Balaban J connectivity index is 1.73. The van der Waals surface area contributed by atoms with Gasteiger partial charge in [0.15, 0.2) is 0 Å². The Kier molecular flexibility index (Phi) is 5.19. The van der Waals surface area contributed by atoms with Crippen LogP contribution in [0.3, 0.4) is 0 Å². The van der Waals surface area contributed by atoms with Crippen molar-refractivity contribution in [2.75, 3.05) is 7.05 Å². The van der Waals surface area contributed by atoms with Crippen LogP contribution in [0.15, 0.2) is 52.9 Å². The van der Waals surface area contributed by atoms with E-state index in [1.807, 2.05) is 49.5 Å². The van der Waals surface area contributed by atoms with Crippen LogP contribution in [0.1, 0.15) is 24.4 Å². The van der Waals surface area contributed by atoms with Gasteiger partial charge in [-0.2, -0.15) is 0 Å². The molecule has 0 radical (unpaired) electrons. The monoisotopic (exact) mass is 361 g/mol. The van der Waals surface area contributed by atoms with Crippen molar-refractivity contribution in [3.05, 3.63) is 70.0 Å². The summed E-state index contributed by atoms with van der Waals surface area (Å²) in [6.45, 7) is 2.60. The standard InChI is InChI=1S/C18H17Cl2N3O/c1-12(15-9-8-14(19)10-16(15)20)23(2)11-17-21-22-18(24-17)13-6-4-3-5-7-13/h3-10,12H,11H2,1-2H3/t12-/m1/s1. The van der Waals surface area contributed by atoms with Gasteiger partial charge in [-0.05, 0) is 43.8 Å². The number of rotatable bonds is 5. The molecule has 1 atom stereocenters. The third kappa shape index (κ3) is 3.78. The fraction of sp³-hybridized carbons (Fsp3) is 0.222. The van der Waals surface area contributed by atoms with Crippen molar-refractivity contribution in [1.82, 2.24) is 15.1 Å². The zero-order valence-electron chi connectivity index (χ0n) is 13.4. The van der Waals surface area contributed by atoms with Gasteiger partial charge in [0.25, 0.3) is 0 Å². The first-order valence-electron chi connectivity index (χ1n) is 7.57. The molecule has 4 nitrogen and oxygen atoms in total. The normalized spacial score (nSPS) is 12.5. The molecule has 0 saturated heterocycles. The van der Waals surface area contributed by atoms with Crippen LogP contribution in [-0.2, 0) is 6.54 Å². The van der Waals surface area contributed by atoms with Crippen molar-refractivity contribution >= 4 is 23.2 Å². The highest BCUT2D eigenvalue weighted by molar-refractivity contribution is 6.35. The Labute approximate surface area is 151 Å². The maximum atomic E-state index is 6.29. The highest BCUT2D eigenvalue weighted by atomic mass is 35.5. The van der Waals surface area contributed by atoms with E-state index in [1.54, 1.807) is 6.07 Å². The molecule has 6 heteroatoms. The first kappa shape index (κ1) is 17.0. The van der Waals surface area contributed by atoms with Crippen molar-refractivity contribution in [3.63, 3.8) is 0 Å². The third-order valence-corrected chi connectivity index (χ3v) is 4.51. The predicted molar refractivity (Wildman–Crippen MR) is 96.1 cm³/mol. The van der Waals surface area contributed by atoms with Crippen LogP contribution in [-0.4, -0.2) is 22.1 Å². The Bertz CT molecular complexity index is 820. The van der Waals surface area contributed by atoms with Crippen LogP contribution in [0.4, 0.5) is 0 Å². The van der Waals surface area contributed by atoms with E-state index in [4.69, 9.17) is 27.6 Å². The Morgan fingerprint density at radius 3 is 2.54 bits per heavy atom. The topological polar surface area (TPSA) is 42.2 Å². The lowest BCUT2D eigenvalue weighted by atomic mass is 10.1. The fourth-order valence-corrected chi connectivity index (χ4v) is 3.01. The van der Waals surface area contributed by atoms with Gasteiger partial charge in [0, 0.05) is 21.7 Å². The van der Waals surface area contributed by atoms with Gasteiger partial charge < -0.3 is 4.42 Å². The molecule has 24 heavy (non-hydrogen) atoms. The van der Waals surface area contributed by atoms with Crippen LogP contribution < -0.4 is 0 Å². The van der Waals surface area contributed by atoms with E-state index in [0.29, 0.717) is 28.4 Å². The first-order chi connectivity index (χ1) is 11.5. The van der Waals surface area contributed by atoms with Gasteiger partial charge in [0.05, 0.1) is 6.54 Å². The van der Waals surface area contributed by atoms with Crippen LogP contribution in [0, 0.1) is 0 Å². The number of hydrogen-bond acceptors (Lipinski definition) is 4. The molecule has 2 aromatic carbocycles. The van der Waals surface area contributed by atoms with E-state index in [0.717, 1.165) is 11.1 Å². The van der Waals surface area contributed by atoms with Gasteiger partial charge in [-0.25, -0.2) is 0 Å². The van der Waals surface area contributed by atoms with Crippen LogP contribution in [0.25, 0.3) is 11.5 Å². The van der Waals surface area contributed by atoms with Crippen molar-refractivity contribution in [2.24, 2.45) is 0 Å². The summed E-state index contributed by atoms with van der Waals surface area (Å²) in [5, 5.41) is 9.52. The number of halogens is 2. The second kappa shape index (κ2) is 7.34. The fourth-order valence-electron chi connectivity index (χ4n) is 2.44. The molecule has 0 saturated carbocycles. The number of aromatic nitrogens is 2. The van der Waals surface area contributed by atoms with Crippen LogP contribution >= 0.6 is 23.2 Å². The molecule has 0 spiro atoms. The molecule has 0 aliphatic rings. The minimum atomic E-state index is 0.0850. The van der Waals surface area contributed by atoms with E-state index in [2.05, 4.69) is 22.0 Å². The molecule has 0 unspecified atom stereocenters. The van der Waals surface area contributed by atoms with Crippen molar-refractivity contribution in [1.29, 1.82) is 0 Å². The zero-order valence-corrected chi connectivity index (χ0v) is 14.9. The molecule has 1 aromatic heterocycles. The lowest BCUT2D eigenvalue weighted by Gasteiger charge is -2.24. The summed E-state index contributed by atoms with van der Waals surface area (Å²) in [6, 6.07) is 15.3. The van der Waals surface area contributed by atoms with Gasteiger partial charge in [-0.15, -0.1) is 10.2 Å². The summed E-state index contributed by atoms with van der Waals surface area (Å²) < 4.78 is 5.76. The van der Waals surface area contributed by atoms with Gasteiger partial charge in [0.2, 0.25) is 11.8 Å². The molecule has 0 bridgehead atoms. The van der Waals surface area contributed by atoms with E-state index >= 15 is 0 Å². The number of nitrogens with zero attached hydrogens (tertiary/aromatic N) is 3. The van der Waals surface area contributed by atoms with Gasteiger partial charge in [-0.3, -0.25) is 4.90 Å². The summed E-state index contributed by atoms with van der Waals surface area (Å²) in [6.07, 6.45) is 0. The quantitative estimate of drug-likeness (QED) is 0.623. The molecule has 0 aliphatic heterocycles. The largest absolute Gasteiger partial charge is 0.419 e. The molecule has 0 N–H and O–H groups in total. The molecule has 1 heterocycles. The van der Waals surface area contributed by atoms with E-state index in [1.165, 1.54) is 0 Å². The van der Waals surface area contributed by atoms with E-state index in [-0.39, 0.29) is 6.04 Å². The lowest BCUT2D eigenvalue weighted by Crippen LogP contribution is -2.22. The maximum Gasteiger partial charge on any atom is 0.247 e. The summed E-state index contributed by atoms with van der Waals surface area (Å²) >= 11 is 12.3. The summed E-state index contributed by atoms with van der Waals surface area (Å²) in [4.78, 5) is 2.09. The van der Waals surface area contributed by atoms with Crippen LogP contribution in [0.2, 0.25) is 10.0 Å². The number of benzene rings is 2. The van der Waals surface area contributed by atoms with Crippen molar-refractivity contribution in [3.8, 4) is 11.5 Å². The molecule has 3 aromatic rings. The van der Waals surface area contributed by atoms with E-state index in [9.17, 15) is 0 Å². The third-order valence-electron chi connectivity index (χ3n) is 3.95. The Hall–Kier alpha value is -1.88. The average molecular weight is 362 g/mol. The lowest BCUT2D eigenvalue weighted by molar-refractivity contribution is 0.228. The highest BCUT2D eigenvalue weighted by Gasteiger charge is 2.18. The Morgan fingerprint density at radius 2 is 1.83 bits per heavy atom. The predicted octanol–water partition coefficient (Wildman–Crippen LogP) is 5.24. The summed E-state index contributed by atoms with van der Waals surface area (Å²) in [5.41, 5.74) is 1.92. The second-order valence-corrected chi connectivity index (χ2v) is 6.47. The minimum absolute atomic E-state index is 0.0850. The summed E-state index contributed by atoms with van der Waals surface area (Å²) in [5.74, 6) is 1.09. The minimum Gasteiger partial charge on any atom is -0.419 e. The molecular weight excluding hydrogens is 345 g/mol. The molecule has 0 amide bonds. The van der Waals surface area contributed by atoms with Crippen LogP contribution in [0.5, 0.6) is 0 Å². The average Bonchev–Trinajstić information content (AvgIpc) is 3.03. The van der Waals surface area contributed by atoms with Gasteiger partial charge in [0.1, 0.15) is 0 Å². The highest BCUT2D eigenvalue weighted by Crippen LogP contribution is 2.30. The van der Waals surface area contributed by atoms with Gasteiger partial charge in [-0.1, -0.05) is 47.5 Å². The van der Waals surface area contributed by atoms with E-state index < -0.39 is 0 Å². The molecule has 3 rings (SSSR count). The second-order valence-electron chi connectivity index (χ2n) is 5.62. The Morgan fingerprint density at radius 1 is 1.08 bits per heavy atom. The van der Waals surface area contributed by atoms with Crippen molar-refractivity contribution in [2.45, 2.75) is 19.5 Å². The molecule has 0 fully saturated rings. The number of hydrogen-bond donors (Lipinski definition) is 0. The molecule has 0 aliphatic carbocycles.